The van der Waals surface area contributed by atoms with Gasteiger partial charge < -0.3 is 0 Å². The van der Waals surface area contributed by atoms with E-state index in [1.54, 1.807) is 0 Å². The van der Waals surface area contributed by atoms with Gasteiger partial charge in [0.2, 0.25) is 0 Å². The molecule has 2 aromatic heterocycles. The third-order valence-corrected chi connectivity index (χ3v) is 6.73. The number of hydrogen-bond acceptors (Lipinski definition) is 3. The van der Waals surface area contributed by atoms with Gasteiger partial charge in [0.1, 0.15) is 5.41 Å². The first-order valence-electron chi connectivity index (χ1n) is 9.10. The summed E-state index contributed by atoms with van der Waals surface area (Å²) in [6.07, 6.45) is 3.30. The van der Waals surface area contributed by atoms with Crippen molar-refractivity contribution in [1.29, 1.82) is 5.26 Å². The summed E-state index contributed by atoms with van der Waals surface area (Å²) in [6.45, 7) is 0. The molecule has 2 fully saturated rings. The lowest BCUT2D eigenvalue weighted by Gasteiger charge is -2.29. The predicted molar refractivity (Wildman–Crippen MR) is 98.5 cm³/mol. The molecule has 2 N–H and O–H groups in total. The lowest BCUT2D eigenvalue weighted by molar-refractivity contribution is 0.251. The van der Waals surface area contributed by atoms with E-state index in [-0.39, 0.29) is 11.3 Å². The van der Waals surface area contributed by atoms with Gasteiger partial charge >= 0.3 is 0 Å². The summed E-state index contributed by atoms with van der Waals surface area (Å²) in [6, 6.07) is 19.0. The first-order chi connectivity index (χ1) is 12.8. The summed E-state index contributed by atoms with van der Waals surface area (Å²) in [5.74, 6) is 0.0941. The Morgan fingerprint density at radius 2 is 1.58 bits per heavy atom. The van der Waals surface area contributed by atoms with Crippen LogP contribution < -0.4 is 0 Å². The molecular weight excluding hydrogens is 322 g/mol. The Morgan fingerprint density at radius 3 is 2.27 bits per heavy atom. The Hall–Kier alpha value is -3.13. The van der Waals surface area contributed by atoms with E-state index in [1.165, 1.54) is 6.42 Å². The first-order valence-corrected chi connectivity index (χ1v) is 9.10. The van der Waals surface area contributed by atoms with Crippen LogP contribution in [0, 0.1) is 16.7 Å². The Morgan fingerprint density at radius 1 is 0.923 bits per heavy atom. The van der Waals surface area contributed by atoms with Gasteiger partial charge in [0.15, 0.2) is 0 Å². The lowest BCUT2D eigenvalue weighted by atomic mass is 9.73. The smallest absolute Gasteiger partial charge is 0.117 e. The number of para-hydroxylation sites is 2. The number of aromatic nitrogens is 4. The Bertz CT molecular complexity index is 1210. The number of H-pyrrole nitrogens is 2. The van der Waals surface area contributed by atoms with Crippen molar-refractivity contribution in [2.24, 2.45) is 5.41 Å². The highest BCUT2D eigenvalue weighted by molar-refractivity contribution is 5.87. The van der Waals surface area contributed by atoms with E-state index in [4.69, 9.17) is 0 Å². The fraction of sp³-hybridized carbons (Fsp3) is 0.286. The van der Waals surface area contributed by atoms with Crippen molar-refractivity contribution in [3.63, 3.8) is 0 Å². The van der Waals surface area contributed by atoms with Crippen molar-refractivity contribution in [2.75, 3.05) is 0 Å². The van der Waals surface area contributed by atoms with E-state index in [0.717, 1.165) is 46.0 Å². The molecule has 126 valence electrons. The largest absolute Gasteiger partial charge is 0.278 e. The molecule has 5 heteroatoms. The second-order valence-electron chi connectivity index (χ2n) is 7.63. The molecule has 2 heterocycles. The maximum atomic E-state index is 10.4. The minimum absolute atomic E-state index is 0.0301. The van der Waals surface area contributed by atoms with Crippen molar-refractivity contribution in [2.45, 2.75) is 30.6 Å². The van der Waals surface area contributed by atoms with Crippen LogP contribution in [-0.2, 0) is 5.41 Å². The minimum Gasteiger partial charge on any atom is -0.278 e. The molecule has 4 aromatic rings. The standard InChI is InChI=1S/C21H17N5/c22-12-21(19-14-7-2-4-9-16(14)24-26-19)18(20(21)10-5-11-20)17-13-6-1-3-8-15(13)23-25-17/h1-4,6-9,18H,5,10-11H2,(H,23,25)(H,24,26). The molecule has 2 unspecified atom stereocenters. The van der Waals surface area contributed by atoms with Crippen molar-refractivity contribution < 1.29 is 0 Å². The van der Waals surface area contributed by atoms with Crippen molar-refractivity contribution in [3.05, 3.63) is 59.9 Å². The van der Waals surface area contributed by atoms with Crippen LogP contribution >= 0.6 is 0 Å². The minimum atomic E-state index is -0.594. The third-order valence-electron chi connectivity index (χ3n) is 6.73. The highest BCUT2D eigenvalue weighted by Crippen LogP contribution is 2.82. The molecule has 2 aliphatic carbocycles. The number of benzene rings is 2. The van der Waals surface area contributed by atoms with E-state index in [1.807, 2.05) is 36.4 Å². The Kier molecular flexibility index (Phi) is 2.45. The van der Waals surface area contributed by atoms with E-state index < -0.39 is 5.41 Å². The molecule has 2 aromatic carbocycles. The molecule has 2 saturated carbocycles. The third kappa shape index (κ3) is 1.39. The SMILES string of the molecule is N#CC1(c2n[nH]c3ccccc23)C(c2n[nH]c3ccccc23)C12CCC2. The van der Waals surface area contributed by atoms with E-state index >= 15 is 0 Å². The van der Waals surface area contributed by atoms with Crippen LogP contribution in [0.15, 0.2) is 48.5 Å². The van der Waals surface area contributed by atoms with Crippen molar-refractivity contribution in [1.82, 2.24) is 20.4 Å². The molecule has 2 atom stereocenters. The summed E-state index contributed by atoms with van der Waals surface area (Å²) >= 11 is 0. The number of nitrogens with one attached hydrogen (secondary N) is 2. The zero-order valence-corrected chi connectivity index (χ0v) is 14.2. The molecule has 0 bridgehead atoms. The maximum Gasteiger partial charge on any atom is 0.117 e. The highest BCUT2D eigenvalue weighted by atomic mass is 15.2. The number of nitriles is 1. The molecule has 0 saturated heterocycles. The summed E-state index contributed by atoms with van der Waals surface area (Å²) in [4.78, 5) is 0. The first kappa shape index (κ1) is 14.1. The molecule has 6 rings (SSSR count). The van der Waals surface area contributed by atoms with Gasteiger partial charge in [-0.15, -0.1) is 0 Å². The second kappa shape index (κ2) is 4.53. The zero-order chi connectivity index (χ0) is 17.4. The molecule has 0 amide bonds. The average Bonchev–Trinajstić information content (AvgIpc) is 2.95. The summed E-state index contributed by atoms with van der Waals surface area (Å²) < 4.78 is 0. The topological polar surface area (TPSA) is 81.2 Å². The van der Waals surface area contributed by atoms with Crippen LogP contribution in [-0.4, -0.2) is 20.4 Å². The molecule has 5 nitrogen and oxygen atoms in total. The quantitative estimate of drug-likeness (QED) is 0.575. The van der Waals surface area contributed by atoms with Crippen molar-refractivity contribution in [3.8, 4) is 6.07 Å². The average molecular weight is 339 g/mol. The van der Waals surface area contributed by atoms with E-state index in [9.17, 15) is 5.26 Å². The van der Waals surface area contributed by atoms with Gasteiger partial charge in [0.05, 0.1) is 28.5 Å². The highest BCUT2D eigenvalue weighted by Gasteiger charge is 2.82. The summed E-state index contributed by atoms with van der Waals surface area (Å²) in [5.41, 5.74) is 3.31. The van der Waals surface area contributed by atoms with E-state index in [2.05, 4.69) is 38.6 Å². The van der Waals surface area contributed by atoms with Crippen LogP contribution in [0.4, 0.5) is 0 Å². The fourth-order valence-electron chi connectivity index (χ4n) is 5.37. The summed E-state index contributed by atoms with van der Waals surface area (Å²) in [5, 5.41) is 28.1. The monoisotopic (exact) mass is 339 g/mol. The van der Waals surface area contributed by atoms with Gasteiger partial charge in [-0.25, -0.2) is 0 Å². The maximum absolute atomic E-state index is 10.4. The number of fused-ring (bicyclic) bond motifs is 2. The van der Waals surface area contributed by atoms with Crippen molar-refractivity contribution >= 4 is 21.8 Å². The molecule has 0 aliphatic heterocycles. The normalized spacial score (nSPS) is 26.0. The molecular formula is C21H17N5. The molecule has 2 aliphatic rings. The van der Waals surface area contributed by atoms with Gasteiger partial charge in [-0.05, 0) is 25.0 Å². The molecule has 26 heavy (non-hydrogen) atoms. The second-order valence-corrected chi connectivity index (χ2v) is 7.63. The number of aromatic amines is 2. The van der Waals surface area contributed by atoms with Crippen LogP contribution in [0.2, 0.25) is 0 Å². The van der Waals surface area contributed by atoms with Gasteiger partial charge in [-0.2, -0.15) is 15.5 Å². The van der Waals surface area contributed by atoms with Crippen LogP contribution in [0.3, 0.4) is 0 Å². The van der Waals surface area contributed by atoms with Gasteiger partial charge in [-0.3, -0.25) is 10.2 Å². The number of rotatable bonds is 2. The zero-order valence-electron chi connectivity index (χ0n) is 14.2. The fourth-order valence-corrected chi connectivity index (χ4v) is 5.37. The number of nitrogens with zero attached hydrogens (tertiary/aromatic N) is 3. The molecule has 0 radical (unpaired) electrons. The van der Waals surface area contributed by atoms with Crippen LogP contribution in [0.5, 0.6) is 0 Å². The van der Waals surface area contributed by atoms with Gasteiger partial charge in [0.25, 0.3) is 0 Å². The Balaban J connectivity index is 1.61. The van der Waals surface area contributed by atoms with Gasteiger partial charge in [0, 0.05) is 22.1 Å². The van der Waals surface area contributed by atoms with E-state index in [0.29, 0.717) is 0 Å². The van der Waals surface area contributed by atoms with Crippen LogP contribution in [0.25, 0.3) is 21.8 Å². The van der Waals surface area contributed by atoms with Crippen LogP contribution in [0.1, 0.15) is 36.6 Å². The lowest BCUT2D eigenvalue weighted by Crippen LogP contribution is -2.24. The molecule has 1 spiro atoms. The summed E-state index contributed by atoms with van der Waals surface area (Å²) in [7, 11) is 0. The number of hydrogen-bond donors (Lipinski definition) is 2. The van der Waals surface area contributed by atoms with Gasteiger partial charge in [-0.1, -0.05) is 42.8 Å². The Labute approximate surface area is 150 Å². The predicted octanol–water partition coefficient (Wildman–Crippen LogP) is 4.17.